The predicted octanol–water partition coefficient (Wildman–Crippen LogP) is 16.9. The molecule has 4 heterocycles. The van der Waals surface area contributed by atoms with E-state index in [4.69, 9.17) is 11.6 Å². The van der Waals surface area contributed by atoms with Crippen LogP contribution in [0, 0.1) is 0 Å². The number of benzene rings is 7. The van der Waals surface area contributed by atoms with Gasteiger partial charge in [-0.15, -0.1) is 22.7 Å². The van der Waals surface area contributed by atoms with Crippen LogP contribution >= 0.6 is 34.3 Å². The van der Waals surface area contributed by atoms with Crippen molar-refractivity contribution in [1.82, 2.24) is 4.57 Å². The number of fused-ring (bicyclic) bond motifs is 9. The monoisotopic (exact) mass is 807 g/mol. The van der Waals surface area contributed by atoms with Gasteiger partial charge in [-0.2, -0.15) is 0 Å². The lowest BCUT2D eigenvalue weighted by Gasteiger charge is -2.36. The molecule has 3 aromatic heterocycles. The number of halogens is 1. The molecule has 0 unspecified atom stereocenters. The Kier molecular flexibility index (Phi) is 7.79. The van der Waals surface area contributed by atoms with E-state index < -0.39 is 0 Å². The number of hydrogen-bond acceptors (Lipinski definition) is 4. The first-order valence-electron chi connectivity index (χ1n) is 20.0. The summed E-state index contributed by atoms with van der Waals surface area (Å²) in [5.74, 6) is 0. The lowest BCUT2D eigenvalue weighted by molar-refractivity contribution is 0.590. The van der Waals surface area contributed by atoms with Crippen LogP contribution in [0.2, 0.25) is 5.02 Å². The second kappa shape index (κ2) is 12.7. The lowest BCUT2D eigenvalue weighted by atomic mass is 9.85. The Morgan fingerprint density at radius 2 is 1.17 bits per heavy atom. The largest absolute Gasteiger partial charge is 0.306 e. The molecule has 0 radical (unpaired) electrons. The predicted molar refractivity (Wildman–Crippen MR) is 254 cm³/mol. The Morgan fingerprint density at radius 3 is 1.98 bits per heavy atom. The average molecular weight is 809 g/mol. The molecule has 0 fully saturated rings. The van der Waals surface area contributed by atoms with Crippen molar-refractivity contribution in [1.29, 1.82) is 0 Å². The van der Waals surface area contributed by atoms with E-state index in [1.54, 1.807) is 11.3 Å². The molecule has 11 rings (SSSR count). The first-order chi connectivity index (χ1) is 28.0. The summed E-state index contributed by atoms with van der Waals surface area (Å²) in [7, 11) is 0. The maximum atomic E-state index is 8.13. The fourth-order valence-electron chi connectivity index (χ4n) is 8.97. The summed E-state index contributed by atoms with van der Waals surface area (Å²) in [6.07, 6.45) is 0. The summed E-state index contributed by atoms with van der Waals surface area (Å²) in [5.41, 5.74) is 12.2. The Morgan fingerprint density at radius 1 is 0.500 bits per heavy atom. The summed E-state index contributed by atoms with van der Waals surface area (Å²) < 4.78 is 6.21. The Balaban J connectivity index is 1.25. The highest BCUT2D eigenvalue weighted by atomic mass is 35.5. The number of aromatic nitrogens is 1. The Hall–Kier alpha value is -5.59. The van der Waals surface area contributed by atoms with E-state index in [1.165, 1.54) is 63.2 Å². The molecule has 0 aliphatic carbocycles. The lowest BCUT2D eigenvalue weighted by Crippen LogP contribution is -2.21. The molecule has 0 atom stereocenters. The van der Waals surface area contributed by atoms with Crippen LogP contribution in [0.15, 0.2) is 145 Å². The third-order valence-electron chi connectivity index (χ3n) is 11.9. The number of para-hydroxylation sites is 4. The zero-order valence-corrected chi connectivity index (χ0v) is 35.8. The van der Waals surface area contributed by atoms with E-state index in [1.807, 2.05) is 11.3 Å². The molecule has 7 aromatic carbocycles. The van der Waals surface area contributed by atoms with Gasteiger partial charge in [0.05, 0.1) is 60.6 Å². The topological polar surface area (TPSA) is 11.4 Å². The summed E-state index contributed by atoms with van der Waals surface area (Å²) in [6.45, 7) is 13.8. The van der Waals surface area contributed by atoms with Crippen molar-refractivity contribution >= 4 is 120 Å². The van der Waals surface area contributed by atoms with Crippen molar-refractivity contribution in [2.24, 2.45) is 0 Å². The summed E-state index contributed by atoms with van der Waals surface area (Å²) >= 11 is 11.8. The van der Waals surface area contributed by atoms with Gasteiger partial charge in [-0.1, -0.05) is 132 Å². The van der Waals surface area contributed by atoms with Gasteiger partial charge in [-0.05, 0) is 82.6 Å². The zero-order valence-electron chi connectivity index (χ0n) is 33.4. The summed E-state index contributed by atoms with van der Waals surface area (Å²) in [6, 6.07) is 51.4. The molecular formula is C52H42ClN3S2. The zero-order chi connectivity index (χ0) is 39.7. The number of thiophene rings is 2. The van der Waals surface area contributed by atoms with Gasteiger partial charge in [0.2, 0.25) is 0 Å². The molecule has 0 amide bonds. The minimum Gasteiger partial charge on any atom is -0.306 e. The van der Waals surface area contributed by atoms with Crippen LogP contribution in [-0.2, 0) is 10.8 Å². The molecular weight excluding hydrogens is 766 g/mol. The highest BCUT2D eigenvalue weighted by Gasteiger charge is 2.33. The van der Waals surface area contributed by atoms with Gasteiger partial charge in [0, 0.05) is 41.7 Å². The summed E-state index contributed by atoms with van der Waals surface area (Å²) in [4.78, 5) is 4.89. The van der Waals surface area contributed by atoms with Crippen LogP contribution in [-0.4, -0.2) is 4.57 Å². The molecule has 6 heteroatoms. The third kappa shape index (κ3) is 5.23. The van der Waals surface area contributed by atoms with Crippen molar-refractivity contribution in [3.63, 3.8) is 0 Å². The average Bonchev–Trinajstić information content (AvgIpc) is 3.91. The molecule has 0 saturated carbocycles. The van der Waals surface area contributed by atoms with Crippen LogP contribution in [0.25, 0.3) is 57.8 Å². The molecule has 3 nitrogen and oxygen atoms in total. The van der Waals surface area contributed by atoms with Crippen LogP contribution in [0.1, 0.15) is 52.7 Å². The minimum absolute atomic E-state index is 0.00811. The van der Waals surface area contributed by atoms with Gasteiger partial charge < -0.3 is 14.4 Å². The Labute approximate surface area is 352 Å². The molecule has 1 aliphatic heterocycles. The van der Waals surface area contributed by atoms with Crippen molar-refractivity contribution in [3.05, 3.63) is 161 Å². The van der Waals surface area contributed by atoms with E-state index in [0.29, 0.717) is 5.02 Å². The van der Waals surface area contributed by atoms with Gasteiger partial charge in [0.15, 0.2) is 0 Å². The standard InChI is InChI=1S/C52H42ClN3S2/c1-51(2,3)31-25-26-46-37(27-31)45(30-57-46)55(42-23-14-18-36-34-16-8-12-24-47(34)58-50(36)42)44-29-32(52(4,5)6)28-43(48(44)53)54-39-20-10-11-21-40(39)56-38-19-9-7-15-33(38)35-17-13-22-41(54)49(35)56/h7-30H,1-6H3. The number of hydrogen-bond donors (Lipinski definition) is 0. The van der Waals surface area contributed by atoms with E-state index in [-0.39, 0.29) is 10.8 Å². The molecule has 10 aromatic rings. The van der Waals surface area contributed by atoms with Gasteiger partial charge in [0.1, 0.15) is 0 Å². The molecule has 58 heavy (non-hydrogen) atoms. The van der Waals surface area contributed by atoms with E-state index in [9.17, 15) is 0 Å². The number of nitrogens with zero attached hydrogens (tertiary/aromatic N) is 3. The van der Waals surface area contributed by atoms with Crippen molar-refractivity contribution in [2.45, 2.75) is 52.4 Å². The van der Waals surface area contributed by atoms with Crippen LogP contribution in [0.5, 0.6) is 0 Å². The van der Waals surface area contributed by atoms with Gasteiger partial charge >= 0.3 is 0 Å². The molecule has 284 valence electrons. The van der Waals surface area contributed by atoms with Gasteiger partial charge in [-0.25, -0.2) is 0 Å². The molecule has 0 bridgehead atoms. The SMILES string of the molecule is CC(C)(C)c1cc(N(c2csc3ccc(C(C)(C)C)cc23)c2cccc3c2sc2ccccc23)c(Cl)c(N2c3ccccc3-n3c4ccccc4c4cccc2c43)c1. The van der Waals surface area contributed by atoms with E-state index >= 15 is 0 Å². The molecule has 1 aliphatic rings. The highest BCUT2D eigenvalue weighted by Crippen LogP contribution is 2.56. The fraction of sp³-hybridized carbons (Fsp3) is 0.154. The highest BCUT2D eigenvalue weighted by molar-refractivity contribution is 7.26. The van der Waals surface area contributed by atoms with Crippen LogP contribution in [0.3, 0.4) is 0 Å². The van der Waals surface area contributed by atoms with Crippen molar-refractivity contribution in [3.8, 4) is 5.69 Å². The van der Waals surface area contributed by atoms with Crippen LogP contribution < -0.4 is 9.80 Å². The number of anilines is 6. The smallest absolute Gasteiger partial charge is 0.0887 e. The van der Waals surface area contributed by atoms with Crippen molar-refractivity contribution in [2.75, 3.05) is 9.80 Å². The van der Waals surface area contributed by atoms with E-state index in [0.717, 1.165) is 39.8 Å². The first-order valence-corrected chi connectivity index (χ1v) is 22.0. The maximum absolute atomic E-state index is 8.13. The van der Waals surface area contributed by atoms with Gasteiger partial charge in [-0.3, -0.25) is 0 Å². The third-order valence-corrected chi connectivity index (χ3v) is 14.5. The quantitative estimate of drug-likeness (QED) is 0.175. The number of rotatable bonds is 4. The molecule has 0 N–H and O–H groups in total. The van der Waals surface area contributed by atoms with Gasteiger partial charge in [0.25, 0.3) is 0 Å². The van der Waals surface area contributed by atoms with Crippen molar-refractivity contribution < 1.29 is 0 Å². The fourth-order valence-corrected chi connectivity index (χ4v) is 11.4. The molecule has 0 saturated heterocycles. The second-order valence-corrected chi connectivity index (χ2v) is 19.9. The minimum atomic E-state index is -0.185. The molecule has 0 spiro atoms. The van der Waals surface area contributed by atoms with E-state index in [2.05, 4.69) is 201 Å². The second-order valence-electron chi connectivity index (χ2n) is 17.6. The van der Waals surface area contributed by atoms with Crippen LogP contribution in [0.4, 0.5) is 34.1 Å². The normalized spacial score (nSPS) is 13.1. The maximum Gasteiger partial charge on any atom is 0.0887 e. The first kappa shape index (κ1) is 35.6. The summed E-state index contributed by atoms with van der Waals surface area (Å²) in [5, 5.41) is 9.27. The Bertz CT molecular complexity index is 3300.